The van der Waals surface area contributed by atoms with E-state index in [0.29, 0.717) is 11.3 Å². The van der Waals surface area contributed by atoms with E-state index >= 15 is 0 Å². The molecular weight excluding hydrogens is 505 g/mol. The van der Waals surface area contributed by atoms with Gasteiger partial charge in [0.1, 0.15) is 5.56 Å². The van der Waals surface area contributed by atoms with Crippen molar-refractivity contribution in [1.82, 2.24) is 15.2 Å². The maximum atomic E-state index is 13.9. The fraction of sp³-hybridized carbons (Fsp3) is 0.318. The van der Waals surface area contributed by atoms with Gasteiger partial charge in [-0.3, -0.25) is 9.59 Å². The first-order valence-electron chi connectivity index (χ1n) is 10.5. The van der Waals surface area contributed by atoms with E-state index in [2.05, 4.69) is 15.0 Å². The van der Waals surface area contributed by atoms with E-state index in [4.69, 9.17) is 9.52 Å². The van der Waals surface area contributed by atoms with Crippen LogP contribution in [0.1, 0.15) is 21.6 Å². The number of aromatic nitrogens is 1. The lowest BCUT2D eigenvalue weighted by Gasteiger charge is -2.28. The van der Waals surface area contributed by atoms with Gasteiger partial charge in [-0.05, 0) is 29.8 Å². The van der Waals surface area contributed by atoms with Gasteiger partial charge in [-0.1, -0.05) is 6.08 Å². The van der Waals surface area contributed by atoms with E-state index in [1.54, 1.807) is 0 Å². The Balaban J connectivity index is 1.64. The van der Waals surface area contributed by atoms with Gasteiger partial charge in [0.15, 0.2) is 18.2 Å². The zero-order valence-electron chi connectivity index (χ0n) is 19.0. The predicted molar refractivity (Wildman–Crippen MR) is 122 cm³/mol. The topological polar surface area (TPSA) is 142 Å². The van der Waals surface area contributed by atoms with Crippen LogP contribution in [-0.2, 0) is 27.4 Å². The van der Waals surface area contributed by atoms with Crippen LogP contribution in [0.5, 0.6) is 5.75 Å². The maximum absolute atomic E-state index is 13.9. The first kappa shape index (κ1) is 26.8. The van der Waals surface area contributed by atoms with Gasteiger partial charge in [0.05, 0.1) is 28.3 Å². The van der Waals surface area contributed by atoms with Crippen LogP contribution >= 0.6 is 0 Å². The van der Waals surface area contributed by atoms with Crippen molar-refractivity contribution in [2.45, 2.75) is 24.3 Å². The van der Waals surface area contributed by atoms with Crippen LogP contribution in [-0.4, -0.2) is 59.3 Å². The number of rotatable bonds is 8. The number of alkyl halides is 2. The lowest BCUT2D eigenvalue weighted by Crippen LogP contribution is -2.39. The molecule has 0 bridgehead atoms. The van der Waals surface area contributed by atoms with Crippen LogP contribution in [0.15, 0.2) is 45.4 Å². The quantitative estimate of drug-likeness (QED) is 0.481. The van der Waals surface area contributed by atoms with Gasteiger partial charge >= 0.3 is 6.09 Å². The maximum Gasteiger partial charge on any atom is 0.410 e. The minimum atomic E-state index is -3.51. The minimum Gasteiger partial charge on any atom is -0.494 e. The molecule has 3 N–H and O–H groups in total. The molecule has 36 heavy (non-hydrogen) atoms. The van der Waals surface area contributed by atoms with E-state index in [1.165, 1.54) is 36.3 Å². The van der Waals surface area contributed by atoms with E-state index in [1.807, 2.05) is 0 Å². The number of hydrogen-bond acceptors (Lipinski definition) is 7. The second-order valence-corrected chi connectivity index (χ2v) is 9.58. The SMILES string of the molecule is COc1ccc(S(=N)(=O)/C=C/CNC(=O)c2cc3c([nH]c2=O)CCN(C(=O)OCC(F)F)C3)cc1F. The van der Waals surface area contributed by atoms with Crippen molar-refractivity contribution in [1.29, 1.82) is 4.78 Å². The lowest BCUT2D eigenvalue weighted by molar-refractivity contribution is 0.0299. The van der Waals surface area contributed by atoms with Gasteiger partial charge in [-0.15, -0.1) is 0 Å². The summed E-state index contributed by atoms with van der Waals surface area (Å²) in [7, 11) is -2.24. The van der Waals surface area contributed by atoms with Crippen LogP contribution < -0.4 is 15.6 Å². The number of amides is 2. The average Bonchev–Trinajstić information content (AvgIpc) is 2.84. The van der Waals surface area contributed by atoms with Crippen LogP contribution in [0.2, 0.25) is 0 Å². The molecule has 1 unspecified atom stereocenters. The van der Waals surface area contributed by atoms with Crippen molar-refractivity contribution in [3.8, 4) is 5.75 Å². The number of benzene rings is 1. The largest absolute Gasteiger partial charge is 0.494 e. The zero-order chi connectivity index (χ0) is 26.5. The molecule has 1 aliphatic rings. The monoisotopic (exact) mass is 528 g/mol. The number of halogens is 3. The summed E-state index contributed by atoms with van der Waals surface area (Å²) in [6.07, 6.45) is -2.25. The molecule has 0 spiro atoms. The third-order valence-corrected chi connectivity index (χ3v) is 6.72. The number of carbonyl (C=O) groups excluding carboxylic acids is 2. The van der Waals surface area contributed by atoms with Gasteiger partial charge in [-0.2, -0.15) is 0 Å². The highest BCUT2D eigenvalue weighted by Gasteiger charge is 2.25. The highest BCUT2D eigenvalue weighted by molar-refractivity contribution is 7.95. The second kappa shape index (κ2) is 11.3. The summed E-state index contributed by atoms with van der Waals surface area (Å²) in [5, 5.41) is 3.44. The first-order chi connectivity index (χ1) is 17.0. The summed E-state index contributed by atoms with van der Waals surface area (Å²) in [6, 6.07) is 4.76. The number of carbonyl (C=O) groups is 2. The second-order valence-electron chi connectivity index (χ2n) is 7.63. The molecule has 0 aliphatic carbocycles. The molecule has 1 aliphatic heterocycles. The van der Waals surface area contributed by atoms with E-state index < -0.39 is 46.1 Å². The number of nitrogens with zero attached hydrogens (tertiary/aromatic N) is 1. The highest BCUT2D eigenvalue weighted by atomic mass is 32.2. The first-order valence-corrected chi connectivity index (χ1v) is 12.2. The number of aromatic amines is 1. The fourth-order valence-corrected chi connectivity index (χ4v) is 4.48. The number of pyridine rings is 1. The summed E-state index contributed by atoms with van der Waals surface area (Å²) < 4.78 is 68.2. The molecule has 2 heterocycles. The molecule has 2 aromatic rings. The molecule has 0 radical (unpaired) electrons. The Morgan fingerprint density at radius 1 is 1.33 bits per heavy atom. The third-order valence-electron chi connectivity index (χ3n) is 5.19. The Labute approximate surface area is 204 Å². The van der Waals surface area contributed by atoms with Gasteiger partial charge in [0.25, 0.3) is 17.9 Å². The Hall–Kier alpha value is -3.81. The highest BCUT2D eigenvalue weighted by Crippen LogP contribution is 2.22. The average molecular weight is 529 g/mol. The van der Waals surface area contributed by atoms with Crippen molar-refractivity contribution < 1.29 is 36.4 Å². The molecule has 1 aromatic heterocycles. The minimum absolute atomic E-state index is 0.0479. The van der Waals surface area contributed by atoms with Crippen molar-refractivity contribution in [3.05, 3.63) is 68.7 Å². The Kier molecular flexibility index (Phi) is 8.40. The number of nitrogens with one attached hydrogen (secondary N) is 3. The Morgan fingerprint density at radius 3 is 2.75 bits per heavy atom. The molecule has 194 valence electrons. The van der Waals surface area contributed by atoms with Crippen LogP contribution in [0.3, 0.4) is 0 Å². The van der Waals surface area contributed by atoms with Crippen molar-refractivity contribution in [2.75, 3.05) is 26.8 Å². The van der Waals surface area contributed by atoms with Gasteiger partial charge in [-0.25, -0.2) is 27.0 Å². The number of methoxy groups -OCH3 is 1. The summed E-state index contributed by atoms with van der Waals surface area (Å²) in [5.41, 5.74) is 0.0389. The molecule has 0 fully saturated rings. The van der Waals surface area contributed by atoms with Gasteiger partial charge < -0.3 is 24.7 Å². The Bertz CT molecular complexity index is 1340. The molecule has 1 aromatic carbocycles. The summed E-state index contributed by atoms with van der Waals surface area (Å²) in [5.74, 6) is -1.61. The van der Waals surface area contributed by atoms with Gasteiger partial charge in [0.2, 0.25) is 0 Å². The van der Waals surface area contributed by atoms with E-state index in [9.17, 15) is 31.8 Å². The van der Waals surface area contributed by atoms with Crippen molar-refractivity contribution >= 4 is 21.7 Å². The smallest absolute Gasteiger partial charge is 0.410 e. The van der Waals surface area contributed by atoms with Crippen LogP contribution in [0.25, 0.3) is 0 Å². The summed E-state index contributed by atoms with van der Waals surface area (Å²) in [6.45, 7) is -1.12. The van der Waals surface area contributed by atoms with Gasteiger partial charge in [0, 0.05) is 30.6 Å². The predicted octanol–water partition coefficient (Wildman–Crippen LogP) is 2.63. The normalized spacial score (nSPS) is 14.9. The molecule has 0 saturated heterocycles. The standard InChI is InChI=1S/C22H23F3N4O6S/c1-34-18-4-3-14(10-16(18)23)36(26,33)8-2-6-27-20(30)15-9-13-11-29(22(32)35-12-19(24)25)7-5-17(13)28-21(15)31/h2-4,8-10,19,26H,5-7,11-12H2,1H3,(H,27,30)(H,28,31)/b8-2+. The Morgan fingerprint density at radius 2 is 2.08 bits per heavy atom. The van der Waals surface area contributed by atoms with Crippen LogP contribution in [0.4, 0.5) is 18.0 Å². The molecule has 10 nitrogen and oxygen atoms in total. The molecule has 1 atom stereocenters. The zero-order valence-corrected chi connectivity index (χ0v) is 19.8. The number of H-pyrrole nitrogens is 1. The number of hydrogen-bond donors (Lipinski definition) is 3. The molecule has 2 amide bonds. The summed E-state index contributed by atoms with van der Waals surface area (Å²) >= 11 is 0. The molecule has 0 saturated carbocycles. The fourth-order valence-electron chi connectivity index (χ4n) is 3.40. The van der Waals surface area contributed by atoms with E-state index in [-0.39, 0.29) is 42.3 Å². The van der Waals surface area contributed by atoms with Crippen molar-refractivity contribution in [3.63, 3.8) is 0 Å². The van der Waals surface area contributed by atoms with Crippen molar-refractivity contribution in [2.24, 2.45) is 0 Å². The third kappa shape index (κ3) is 6.44. The lowest BCUT2D eigenvalue weighted by atomic mass is 10.0. The molecular formula is C22H23F3N4O6S. The summed E-state index contributed by atoms with van der Waals surface area (Å²) in [4.78, 5) is 40.5. The molecule has 3 rings (SSSR count). The van der Waals surface area contributed by atoms with Crippen LogP contribution in [0, 0.1) is 10.6 Å². The number of ether oxygens (including phenoxy) is 2. The van der Waals surface area contributed by atoms with E-state index in [0.717, 1.165) is 11.5 Å². The molecule has 14 heteroatoms. The number of fused-ring (bicyclic) bond motifs is 1.